The molecule has 0 aliphatic heterocycles. The minimum atomic E-state index is -0.258. The first kappa shape index (κ1) is 14.2. The fourth-order valence-electron chi connectivity index (χ4n) is 1.81. The molecule has 1 N–H and O–H groups in total. The molecule has 0 radical (unpaired) electrons. The van der Waals surface area contributed by atoms with Crippen molar-refractivity contribution in [1.29, 1.82) is 0 Å². The molecule has 0 unspecified atom stereocenters. The van der Waals surface area contributed by atoms with Crippen molar-refractivity contribution >= 4 is 15.9 Å². The Bertz CT molecular complexity index is 519. The minimum Gasteiger partial charge on any atom is -0.395 e. The summed E-state index contributed by atoms with van der Waals surface area (Å²) >= 11 is 3.32. The molecule has 0 atom stereocenters. The maximum absolute atomic E-state index is 13.7. The molecule has 0 aliphatic rings. The van der Waals surface area contributed by atoms with E-state index < -0.39 is 0 Å². The van der Waals surface area contributed by atoms with Gasteiger partial charge < -0.3 is 9.63 Å². The molecule has 19 heavy (non-hydrogen) atoms. The number of halogens is 2. The van der Waals surface area contributed by atoms with Crippen LogP contribution in [0.3, 0.4) is 0 Å². The molecule has 0 amide bonds. The van der Waals surface area contributed by atoms with Gasteiger partial charge >= 0.3 is 0 Å². The van der Waals surface area contributed by atoms with Gasteiger partial charge in [0.15, 0.2) is 0 Å². The smallest absolute Gasteiger partial charge is 0.127 e. The van der Waals surface area contributed by atoms with Crippen LogP contribution in [-0.4, -0.2) is 28.3 Å². The third-order valence-corrected chi connectivity index (χ3v) is 3.19. The maximum atomic E-state index is 13.7. The molecule has 0 fully saturated rings. The third-order valence-electron chi connectivity index (χ3n) is 2.69. The molecular formula is C13H14BrFN2O2. The van der Waals surface area contributed by atoms with E-state index in [2.05, 4.69) is 21.1 Å². The van der Waals surface area contributed by atoms with E-state index in [1.165, 1.54) is 12.3 Å². The van der Waals surface area contributed by atoms with Gasteiger partial charge in [-0.2, -0.15) is 0 Å². The van der Waals surface area contributed by atoms with Crippen LogP contribution in [0, 0.1) is 5.82 Å². The van der Waals surface area contributed by atoms with Crippen molar-refractivity contribution in [3.05, 3.63) is 52.1 Å². The number of aliphatic hydroxyl groups excluding tert-OH is 1. The molecule has 2 aromatic rings. The summed E-state index contributed by atoms with van der Waals surface area (Å²) in [6, 6.07) is 6.57. The normalized spacial score (nSPS) is 11.2. The van der Waals surface area contributed by atoms with Gasteiger partial charge in [-0.1, -0.05) is 21.1 Å². The first-order valence-electron chi connectivity index (χ1n) is 5.85. The lowest BCUT2D eigenvalue weighted by Crippen LogP contribution is -2.26. The molecule has 1 aromatic carbocycles. The van der Waals surface area contributed by atoms with Gasteiger partial charge in [0.25, 0.3) is 0 Å². The Morgan fingerprint density at radius 2 is 2.16 bits per heavy atom. The summed E-state index contributed by atoms with van der Waals surface area (Å²) < 4.78 is 19.3. The highest BCUT2D eigenvalue weighted by molar-refractivity contribution is 9.10. The quantitative estimate of drug-likeness (QED) is 0.885. The summed E-state index contributed by atoms with van der Waals surface area (Å²) in [6.07, 6.45) is 1.49. The fourth-order valence-corrected chi connectivity index (χ4v) is 2.22. The van der Waals surface area contributed by atoms with Crippen molar-refractivity contribution in [2.24, 2.45) is 0 Å². The highest BCUT2D eigenvalue weighted by Gasteiger charge is 2.11. The van der Waals surface area contributed by atoms with E-state index in [1.54, 1.807) is 18.2 Å². The van der Waals surface area contributed by atoms with Crippen molar-refractivity contribution in [3.8, 4) is 0 Å². The molecule has 0 aliphatic carbocycles. The molecule has 6 heteroatoms. The zero-order chi connectivity index (χ0) is 13.7. The Morgan fingerprint density at radius 1 is 1.32 bits per heavy atom. The summed E-state index contributed by atoms with van der Waals surface area (Å²) in [5.41, 5.74) is 1.33. The molecular weight excluding hydrogens is 315 g/mol. The Balaban J connectivity index is 2.09. The first-order valence-corrected chi connectivity index (χ1v) is 6.64. The Hall–Kier alpha value is -1.24. The highest BCUT2D eigenvalue weighted by Crippen LogP contribution is 2.18. The van der Waals surface area contributed by atoms with Gasteiger partial charge in [-0.15, -0.1) is 0 Å². The summed E-state index contributed by atoms with van der Waals surface area (Å²) in [6.45, 7) is 1.36. The van der Waals surface area contributed by atoms with Gasteiger partial charge in [0.2, 0.25) is 0 Å². The molecule has 102 valence electrons. The highest BCUT2D eigenvalue weighted by atomic mass is 79.9. The lowest BCUT2D eigenvalue weighted by molar-refractivity contribution is 0.179. The van der Waals surface area contributed by atoms with E-state index in [0.717, 1.165) is 10.2 Å². The summed E-state index contributed by atoms with van der Waals surface area (Å²) in [5.74, 6) is -0.258. The number of hydrogen-bond acceptors (Lipinski definition) is 4. The zero-order valence-corrected chi connectivity index (χ0v) is 11.8. The van der Waals surface area contributed by atoms with Crippen LogP contribution in [0.1, 0.15) is 11.3 Å². The fraction of sp³-hybridized carbons (Fsp3) is 0.308. The molecule has 1 heterocycles. The summed E-state index contributed by atoms with van der Waals surface area (Å²) in [4.78, 5) is 1.91. The van der Waals surface area contributed by atoms with Crippen LogP contribution < -0.4 is 0 Å². The Morgan fingerprint density at radius 3 is 2.84 bits per heavy atom. The van der Waals surface area contributed by atoms with E-state index in [1.807, 2.05) is 4.90 Å². The van der Waals surface area contributed by atoms with Gasteiger partial charge in [-0.05, 0) is 18.2 Å². The second-order valence-corrected chi connectivity index (χ2v) is 5.08. The molecule has 2 rings (SSSR count). The van der Waals surface area contributed by atoms with Crippen LogP contribution in [-0.2, 0) is 13.1 Å². The topological polar surface area (TPSA) is 49.5 Å². The minimum absolute atomic E-state index is 0.00741. The van der Waals surface area contributed by atoms with Gasteiger partial charge in [0.05, 0.1) is 12.3 Å². The van der Waals surface area contributed by atoms with Crippen molar-refractivity contribution in [1.82, 2.24) is 10.1 Å². The Kier molecular flexibility index (Phi) is 5.07. The van der Waals surface area contributed by atoms with E-state index in [-0.39, 0.29) is 12.4 Å². The first-order chi connectivity index (χ1) is 9.19. The average molecular weight is 329 g/mol. The van der Waals surface area contributed by atoms with Crippen LogP contribution in [0.5, 0.6) is 0 Å². The van der Waals surface area contributed by atoms with Gasteiger partial charge in [-0.25, -0.2) is 4.39 Å². The van der Waals surface area contributed by atoms with Crippen molar-refractivity contribution in [2.75, 3.05) is 13.2 Å². The number of hydrogen-bond donors (Lipinski definition) is 1. The van der Waals surface area contributed by atoms with Gasteiger partial charge in [0.1, 0.15) is 12.1 Å². The summed E-state index contributed by atoms with van der Waals surface area (Å²) in [7, 11) is 0. The van der Waals surface area contributed by atoms with Gasteiger partial charge in [0, 0.05) is 35.7 Å². The second kappa shape index (κ2) is 6.79. The van der Waals surface area contributed by atoms with Crippen LogP contribution in [0.25, 0.3) is 0 Å². The third kappa shape index (κ3) is 4.12. The van der Waals surface area contributed by atoms with Crippen LogP contribution in [0.2, 0.25) is 0 Å². The molecule has 0 bridgehead atoms. The maximum Gasteiger partial charge on any atom is 0.127 e. The molecule has 0 saturated heterocycles. The predicted molar refractivity (Wildman–Crippen MR) is 71.8 cm³/mol. The van der Waals surface area contributed by atoms with Crippen molar-refractivity contribution in [3.63, 3.8) is 0 Å². The lowest BCUT2D eigenvalue weighted by Gasteiger charge is -2.20. The Labute approximate surface area is 119 Å². The van der Waals surface area contributed by atoms with Crippen molar-refractivity contribution in [2.45, 2.75) is 13.1 Å². The van der Waals surface area contributed by atoms with Crippen LogP contribution in [0.4, 0.5) is 4.39 Å². The van der Waals surface area contributed by atoms with Gasteiger partial charge in [-0.3, -0.25) is 4.90 Å². The largest absolute Gasteiger partial charge is 0.395 e. The monoisotopic (exact) mass is 328 g/mol. The predicted octanol–water partition coefficient (Wildman–Crippen LogP) is 2.57. The van der Waals surface area contributed by atoms with E-state index in [4.69, 9.17) is 9.63 Å². The SMILES string of the molecule is OCCN(Cc1ccon1)Cc1cc(Br)ccc1F. The average Bonchev–Trinajstić information content (AvgIpc) is 2.87. The molecule has 1 aromatic heterocycles. The number of rotatable bonds is 6. The standard InChI is InChI=1S/C13H14BrFN2O2/c14-11-1-2-13(15)10(7-11)8-17(4-5-18)9-12-3-6-19-16-12/h1-3,6-7,18H,4-5,8-9H2. The number of aliphatic hydroxyl groups is 1. The summed E-state index contributed by atoms with van der Waals surface area (Å²) in [5, 5.41) is 12.9. The molecule has 4 nitrogen and oxygen atoms in total. The van der Waals surface area contributed by atoms with E-state index in [9.17, 15) is 4.39 Å². The number of nitrogens with zero attached hydrogens (tertiary/aromatic N) is 2. The lowest BCUT2D eigenvalue weighted by atomic mass is 10.2. The van der Waals surface area contributed by atoms with E-state index in [0.29, 0.717) is 25.2 Å². The molecule has 0 spiro atoms. The van der Waals surface area contributed by atoms with Crippen LogP contribution >= 0.6 is 15.9 Å². The van der Waals surface area contributed by atoms with E-state index >= 15 is 0 Å². The second-order valence-electron chi connectivity index (χ2n) is 4.16. The number of benzene rings is 1. The van der Waals surface area contributed by atoms with Crippen LogP contribution in [0.15, 0.2) is 39.5 Å². The molecule has 0 saturated carbocycles. The number of aromatic nitrogens is 1. The zero-order valence-electron chi connectivity index (χ0n) is 10.2. The van der Waals surface area contributed by atoms with Crippen molar-refractivity contribution < 1.29 is 14.0 Å².